The third-order valence-electron chi connectivity index (χ3n) is 3.83. The molecule has 3 heterocycles. The first-order chi connectivity index (χ1) is 10.3. The topological polar surface area (TPSA) is 50.3 Å². The molecule has 0 saturated carbocycles. The third-order valence-corrected chi connectivity index (χ3v) is 4.64. The van der Waals surface area contributed by atoms with Crippen LogP contribution in [0, 0.1) is 0 Å². The molecule has 1 aliphatic heterocycles. The van der Waals surface area contributed by atoms with Gasteiger partial charge in [0.05, 0.1) is 18.5 Å². The van der Waals surface area contributed by atoms with Crippen LogP contribution in [0.1, 0.15) is 25.6 Å². The number of rotatable bonds is 6. The van der Waals surface area contributed by atoms with Crippen LogP contribution in [-0.2, 0) is 11.3 Å². The number of fused-ring (bicyclic) bond motifs is 1. The average molecular weight is 306 g/mol. The molecule has 5 nitrogen and oxygen atoms in total. The zero-order valence-corrected chi connectivity index (χ0v) is 13.4. The van der Waals surface area contributed by atoms with Gasteiger partial charge in [-0.15, -0.1) is 11.3 Å². The van der Waals surface area contributed by atoms with E-state index in [-0.39, 0.29) is 0 Å². The van der Waals surface area contributed by atoms with E-state index in [9.17, 15) is 0 Å². The molecule has 21 heavy (non-hydrogen) atoms. The summed E-state index contributed by atoms with van der Waals surface area (Å²) in [7, 11) is 2.13. The minimum atomic E-state index is 0.486. The molecule has 2 aromatic rings. The lowest BCUT2D eigenvalue weighted by atomic mass is 10.2. The molecular formula is C15H22N4OS. The van der Waals surface area contributed by atoms with Gasteiger partial charge in [0.1, 0.15) is 16.5 Å². The summed E-state index contributed by atoms with van der Waals surface area (Å²) in [5.41, 5.74) is 0. The number of hydrogen-bond acceptors (Lipinski definition) is 6. The fourth-order valence-electron chi connectivity index (χ4n) is 2.57. The van der Waals surface area contributed by atoms with Crippen LogP contribution in [0.3, 0.4) is 0 Å². The highest BCUT2D eigenvalue weighted by atomic mass is 32.1. The molecular weight excluding hydrogens is 284 g/mol. The highest BCUT2D eigenvalue weighted by Crippen LogP contribution is 2.25. The summed E-state index contributed by atoms with van der Waals surface area (Å²) in [6, 6.07) is 2.58. The van der Waals surface area contributed by atoms with Crippen molar-refractivity contribution >= 4 is 27.4 Å². The van der Waals surface area contributed by atoms with Crippen molar-refractivity contribution in [1.29, 1.82) is 0 Å². The van der Waals surface area contributed by atoms with Crippen LogP contribution in [0.15, 0.2) is 11.4 Å². The quantitative estimate of drug-likeness (QED) is 0.889. The van der Waals surface area contributed by atoms with Crippen molar-refractivity contribution in [3.63, 3.8) is 0 Å². The van der Waals surface area contributed by atoms with Gasteiger partial charge in [-0.1, -0.05) is 6.92 Å². The fraction of sp³-hybridized carbons (Fsp3) is 0.600. The maximum absolute atomic E-state index is 5.46. The van der Waals surface area contributed by atoms with Crippen LogP contribution in [0.4, 0.5) is 5.82 Å². The van der Waals surface area contributed by atoms with Gasteiger partial charge in [0.2, 0.25) is 0 Å². The maximum atomic E-state index is 5.46. The smallest absolute Gasteiger partial charge is 0.146 e. The molecule has 0 aromatic carbocycles. The summed E-state index contributed by atoms with van der Waals surface area (Å²) in [6.07, 6.45) is 2.18. The Morgan fingerprint density at radius 1 is 1.48 bits per heavy atom. The Kier molecular flexibility index (Phi) is 4.67. The number of aromatic nitrogens is 2. The molecule has 1 saturated heterocycles. The van der Waals surface area contributed by atoms with Gasteiger partial charge in [-0.05, 0) is 31.3 Å². The number of thiophene rings is 1. The van der Waals surface area contributed by atoms with E-state index in [2.05, 4.69) is 35.6 Å². The molecule has 2 aromatic heterocycles. The van der Waals surface area contributed by atoms with Crippen molar-refractivity contribution in [2.45, 2.75) is 32.4 Å². The van der Waals surface area contributed by atoms with Gasteiger partial charge in [0.15, 0.2) is 0 Å². The van der Waals surface area contributed by atoms with E-state index in [1.54, 1.807) is 11.3 Å². The number of nitrogens with one attached hydrogen (secondary N) is 1. The highest BCUT2D eigenvalue weighted by molar-refractivity contribution is 7.16. The lowest BCUT2D eigenvalue weighted by Crippen LogP contribution is -2.32. The lowest BCUT2D eigenvalue weighted by Gasteiger charge is -2.22. The van der Waals surface area contributed by atoms with E-state index >= 15 is 0 Å². The second-order valence-electron chi connectivity index (χ2n) is 5.49. The predicted octanol–water partition coefficient (Wildman–Crippen LogP) is 2.73. The zero-order chi connectivity index (χ0) is 14.7. The molecule has 1 N–H and O–H groups in total. The molecule has 0 bridgehead atoms. The average Bonchev–Trinajstić information content (AvgIpc) is 3.15. The normalized spacial score (nSPS) is 18.7. The van der Waals surface area contributed by atoms with Crippen molar-refractivity contribution in [3.05, 3.63) is 17.3 Å². The largest absolute Gasteiger partial charge is 0.380 e. The Balaban J connectivity index is 1.80. The van der Waals surface area contributed by atoms with Crippen LogP contribution >= 0.6 is 11.3 Å². The summed E-state index contributed by atoms with van der Waals surface area (Å²) < 4.78 is 5.46. The van der Waals surface area contributed by atoms with Crippen molar-refractivity contribution < 1.29 is 4.74 Å². The van der Waals surface area contributed by atoms with E-state index < -0.39 is 0 Å². The van der Waals surface area contributed by atoms with E-state index in [1.165, 1.54) is 0 Å². The Bertz CT molecular complexity index is 594. The molecule has 1 aliphatic rings. The van der Waals surface area contributed by atoms with Crippen molar-refractivity contribution in [1.82, 2.24) is 14.9 Å². The molecule has 0 radical (unpaired) electrons. The predicted molar refractivity (Wildman–Crippen MR) is 86.9 cm³/mol. The molecule has 3 rings (SSSR count). The molecule has 1 atom stereocenters. The number of ether oxygens (including phenoxy) is 1. The lowest BCUT2D eigenvalue weighted by molar-refractivity contribution is 0.155. The van der Waals surface area contributed by atoms with Crippen molar-refractivity contribution in [3.8, 4) is 0 Å². The minimum Gasteiger partial charge on any atom is -0.380 e. The van der Waals surface area contributed by atoms with E-state index in [1.807, 2.05) is 0 Å². The van der Waals surface area contributed by atoms with Gasteiger partial charge >= 0.3 is 0 Å². The molecule has 1 unspecified atom stereocenters. The van der Waals surface area contributed by atoms with E-state index in [4.69, 9.17) is 14.7 Å². The van der Waals surface area contributed by atoms with Crippen LogP contribution in [0.5, 0.6) is 0 Å². The van der Waals surface area contributed by atoms with Gasteiger partial charge in [-0.3, -0.25) is 4.90 Å². The summed E-state index contributed by atoms with van der Waals surface area (Å²) in [5.74, 6) is 1.85. The molecule has 6 heteroatoms. The number of anilines is 1. The van der Waals surface area contributed by atoms with Crippen molar-refractivity contribution in [2.75, 3.05) is 32.1 Å². The fourth-order valence-corrected chi connectivity index (χ4v) is 3.35. The Hall–Kier alpha value is -1.24. The Morgan fingerprint density at radius 3 is 3.14 bits per heavy atom. The van der Waals surface area contributed by atoms with Crippen LogP contribution < -0.4 is 5.32 Å². The van der Waals surface area contributed by atoms with Gasteiger partial charge < -0.3 is 10.1 Å². The number of nitrogens with zero attached hydrogens (tertiary/aromatic N) is 3. The minimum absolute atomic E-state index is 0.486. The van der Waals surface area contributed by atoms with E-state index in [0.29, 0.717) is 6.04 Å². The van der Waals surface area contributed by atoms with Crippen LogP contribution in [0.2, 0.25) is 0 Å². The first-order valence-corrected chi connectivity index (χ1v) is 8.42. The van der Waals surface area contributed by atoms with Crippen LogP contribution in [0.25, 0.3) is 10.2 Å². The molecule has 114 valence electrons. The maximum Gasteiger partial charge on any atom is 0.146 e. The first kappa shape index (κ1) is 14.7. The number of hydrogen-bond donors (Lipinski definition) is 1. The Labute approximate surface area is 129 Å². The summed E-state index contributed by atoms with van der Waals surface area (Å²) >= 11 is 1.67. The molecule has 0 aliphatic carbocycles. The highest BCUT2D eigenvalue weighted by Gasteiger charge is 2.21. The van der Waals surface area contributed by atoms with Gasteiger partial charge in [-0.25, -0.2) is 9.97 Å². The SMILES string of the molecule is CCCNc1nc(CN(C)C2CCOC2)nc2sccc12. The summed E-state index contributed by atoms with van der Waals surface area (Å²) in [4.78, 5) is 12.8. The van der Waals surface area contributed by atoms with E-state index in [0.717, 1.165) is 61.0 Å². The van der Waals surface area contributed by atoms with Crippen molar-refractivity contribution in [2.24, 2.45) is 0 Å². The second-order valence-corrected chi connectivity index (χ2v) is 6.38. The number of likely N-dealkylation sites (N-methyl/N-ethyl adjacent to an activating group) is 1. The molecule has 0 amide bonds. The third kappa shape index (κ3) is 3.33. The van der Waals surface area contributed by atoms with Crippen LogP contribution in [-0.4, -0.2) is 47.7 Å². The van der Waals surface area contributed by atoms with Gasteiger partial charge in [0.25, 0.3) is 0 Å². The standard InChI is InChI=1S/C15H22N4OS/c1-3-6-16-14-12-5-8-21-15(12)18-13(17-14)9-19(2)11-4-7-20-10-11/h5,8,11H,3-4,6-7,9-10H2,1-2H3,(H,16,17,18). The Morgan fingerprint density at radius 2 is 2.38 bits per heavy atom. The second kappa shape index (κ2) is 6.68. The zero-order valence-electron chi connectivity index (χ0n) is 12.6. The van der Waals surface area contributed by atoms with Gasteiger partial charge in [0, 0.05) is 19.2 Å². The summed E-state index contributed by atoms with van der Waals surface area (Å²) in [6.45, 7) is 5.55. The monoisotopic (exact) mass is 306 g/mol. The molecule has 0 spiro atoms. The first-order valence-electron chi connectivity index (χ1n) is 7.54. The summed E-state index contributed by atoms with van der Waals surface area (Å²) in [5, 5.41) is 6.63. The molecule has 1 fully saturated rings. The van der Waals surface area contributed by atoms with Gasteiger partial charge in [-0.2, -0.15) is 0 Å².